The number of ether oxygens (including phenoxy) is 2. The minimum atomic E-state index is -0.405. The van der Waals surface area contributed by atoms with Crippen molar-refractivity contribution in [2.45, 2.75) is 6.61 Å². The Morgan fingerprint density at radius 3 is 2.76 bits per heavy atom. The van der Waals surface area contributed by atoms with E-state index < -0.39 is 5.91 Å². The van der Waals surface area contributed by atoms with Crippen molar-refractivity contribution in [3.8, 4) is 11.5 Å². The van der Waals surface area contributed by atoms with Crippen LogP contribution in [0, 0.1) is 0 Å². The summed E-state index contributed by atoms with van der Waals surface area (Å²) < 4.78 is 12.2. The van der Waals surface area contributed by atoms with Crippen molar-refractivity contribution in [1.29, 1.82) is 0 Å². The molecule has 0 unspecified atom stereocenters. The molecule has 0 atom stereocenters. The molecule has 3 aromatic carbocycles. The normalized spacial score (nSPS) is 11.0. The fourth-order valence-corrected chi connectivity index (χ4v) is 4.80. The van der Waals surface area contributed by atoms with Gasteiger partial charge in [-0.3, -0.25) is 9.59 Å². The largest absolute Gasteiger partial charge is 0.497 e. The molecule has 4 rings (SSSR count). The fourth-order valence-electron chi connectivity index (χ4n) is 3.50. The van der Waals surface area contributed by atoms with Crippen molar-refractivity contribution >= 4 is 68.3 Å². The van der Waals surface area contributed by atoms with E-state index in [0.717, 1.165) is 15.8 Å². The monoisotopic (exact) mass is 555 g/mol. The Labute approximate surface area is 228 Å². The van der Waals surface area contributed by atoms with E-state index in [4.69, 9.17) is 32.7 Å². The number of carbonyl (C=O) groups is 2. The van der Waals surface area contributed by atoms with Crippen LogP contribution in [-0.4, -0.2) is 37.5 Å². The molecule has 0 radical (unpaired) electrons. The van der Waals surface area contributed by atoms with E-state index in [2.05, 4.69) is 10.3 Å². The molecule has 2 amide bonds. The summed E-state index contributed by atoms with van der Waals surface area (Å²) in [4.78, 5) is 30.7. The van der Waals surface area contributed by atoms with Gasteiger partial charge in [-0.2, -0.15) is 0 Å². The molecule has 0 fully saturated rings. The zero-order chi connectivity index (χ0) is 26.4. The number of thiazole rings is 1. The van der Waals surface area contributed by atoms with Gasteiger partial charge >= 0.3 is 0 Å². The maximum Gasteiger partial charge on any atom is 0.246 e. The molecule has 0 aliphatic heterocycles. The number of benzene rings is 3. The molecule has 7 nitrogen and oxygen atoms in total. The Hall–Kier alpha value is -3.59. The fraction of sp³-hybridized carbons (Fsp3) is 0.148. The number of fused-ring (bicyclic) bond motifs is 1. The van der Waals surface area contributed by atoms with Gasteiger partial charge in [0.25, 0.3) is 0 Å². The summed E-state index contributed by atoms with van der Waals surface area (Å²) in [7, 11) is 3.15. The second kappa shape index (κ2) is 12.1. The van der Waals surface area contributed by atoms with Crippen LogP contribution in [0.3, 0.4) is 0 Å². The van der Waals surface area contributed by atoms with E-state index in [0.29, 0.717) is 27.8 Å². The van der Waals surface area contributed by atoms with Gasteiger partial charge in [-0.1, -0.05) is 41.4 Å². The Morgan fingerprint density at radius 1 is 1.14 bits per heavy atom. The van der Waals surface area contributed by atoms with Crippen molar-refractivity contribution in [3.05, 3.63) is 87.4 Å². The van der Waals surface area contributed by atoms with E-state index in [1.54, 1.807) is 43.9 Å². The van der Waals surface area contributed by atoms with Crippen molar-refractivity contribution in [3.63, 3.8) is 0 Å². The molecule has 1 aromatic heterocycles. The zero-order valence-electron chi connectivity index (χ0n) is 20.0. The van der Waals surface area contributed by atoms with E-state index >= 15 is 0 Å². The van der Waals surface area contributed by atoms with Crippen LogP contribution in [0.1, 0.15) is 11.1 Å². The van der Waals surface area contributed by atoms with Crippen molar-refractivity contribution < 1.29 is 19.1 Å². The predicted molar refractivity (Wildman–Crippen MR) is 149 cm³/mol. The molecule has 1 heterocycles. The number of methoxy groups -OCH3 is 1. The van der Waals surface area contributed by atoms with Gasteiger partial charge in [-0.05, 0) is 48.0 Å². The van der Waals surface area contributed by atoms with Crippen LogP contribution in [0.15, 0.2) is 66.2 Å². The van der Waals surface area contributed by atoms with Crippen LogP contribution >= 0.6 is 34.5 Å². The van der Waals surface area contributed by atoms with Gasteiger partial charge in [0.1, 0.15) is 23.6 Å². The third kappa shape index (κ3) is 6.40. The summed E-state index contributed by atoms with van der Waals surface area (Å²) in [5.41, 5.74) is 4.30. The highest BCUT2D eigenvalue weighted by molar-refractivity contribution is 7.16. The number of amides is 2. The minimum absolute atomic E-state index is 0.0932. The first-order chi connectivity index (χ1) is 17.9. The summed E-state index contributed by atoms with van der Waals surface area (Å²) in [6.45, 7) is -0.121. The predicted octanol–water partition coefficient (Wildman–Crippen LogP) is 5.98. The van der Waals surface area contributed by atoms with Gasteiger partial charge in [-0.25, -0.2) is 4.98 Å². The van der Waals surface area contributed by atoms with Crippen molar-refractivity contribution in [2.24, 2.45) is 0 Å². The number of likely N-dealkylation sites (N-methyl/N-ethyl adjacent to an activating group) is 1. The third-order valence-electron chi connectivity index (χ3n) is 5.53. The second-order valence-corrected chi connectivity index (χ2v) is 9.55. The highest BCUT2D eigenvalue weighted by Crippen LogP contribution is 2.35. The molecule has 190 valence electrons. The molecular weight excluding hydrogens is 533 g/mol. The standard InChI is InChI=1S/C27H23Cl2N3O4S/c1-32(25(34)14-30-24(33)12-9-17-5-3-6-18(13-17)35-2)21-11-10-20(28)19(26(21)29)15-36-22-7-4-8-23-27(22)31-16-37-23/h3-13,16H,14-15H2,1-2H3,(H,30,33)/b12-9+. The number of aromatic nitrogens is 1. The first kappa shape index (κ1) is 26.5. The molecular formula is C27H23Cl2N3O4S. The van der Waals surface area contributed by atoms with Crippen LogP contribution in [0.5, 0.6) is 11.5 Å². The molecule has 37 heavy (non-hydrogen) atoms. The highest BCUT2D eigenvalue weighted by Gasteiger charge is 2.19. The first-order valence-electron chi connectivity index (χ1n) is 11.2. The lowest BCUT2D eigenvalue weighted by molar-refractivity contribution is -0.122. The average molecular weight is 556 g/mol. The summed E-state index contributed by atoms with van der Waals surface area (Å²) >= 11 is 14.6. The van der Waals surface area contributed by atoms with Crippen LogP contribution in [0.2, 0.25) is 10.0 Å². The lowest BCUT2D eigenvalue weighted by atomic mass is 10.2. The smallest absolute Gasteiger partial charge is 0.246 e. The molecule has 0 aliphatic rings. The third-order valence-corrected chi connectivity index (χ3v) is 7.10. The number of nitrogens with zero attached hydrogens (tertiary/aromatic N) is 2. The zero-order valence-corrected chi connectivity index (χ0v) is 22.4. The van der Waals surface area contributed by atoms with Crippen LogP contribution in [0.25, 0.3) is 16.3 Å². The number of para-hydroxylation sites is 1. The molecule has 1 N–H and O–H groups in total. The van der Waals surface area contributed by atoms with E-state index in [-0.39, 0.29) is 24.1 Å². The Morgan fingerprint density at radius 2 is 1.95 bits per heavy atom. The molecule has 0 bridgehead atoms. The lowest BCUT2D eigenvalue weighted by Gasteiger charge is -2.21. The highest BCUT2D eigenvalue weighted by atomic mass is 35.5. The second-order valence-electron chi connectivity index (χ2n) is 7.88. The Kier molecular flexibility index (Phi) is 8.66. The molecule has 0 spiro atoms. The summed E-state index contributed by atoms with van der Waals surface area (Å²) in [5, 5.41) is 3.29. The number of hydrogen-bond donors (Lipinski definition) is 1. The number of anilines is 1. The number of carbonyl (C=O) groups excluding carboxylic acids is 2. The first-order valence-corrected chi connectivity index (χ1v) is 12.8. The van der Waals surface area contributed by atoms with Gasteiger partial charge in [0.2, 0.25) is 11.8 Å². The maximum atomic E-state index is 12.8. The van der Waals surface area contributed by atoms with Crippen LogP contribution < -0.4 is 19.7 Å². The molecule has 10 heteroatoms. The Balaban J connectivity index is 1.39. The quantitative estimate of drug-likeness (QED) is 0.257. The van der Waals surface area contributed by atoms with Gasteiger partial charge in [0.15, 0.2) is 0 Å². The topological polar surface area (TPSA) is 80.8 Å². The average Bonchev–Trinajstić information content (AvgIpc) is 3.40. The SMILES string of the molecule is COc1cccc(/C=C/C(=O)NCC(=O)N(C)c2ccc(Cl)c(COc3cccc4scnc34)c2Cl)c1. The van der Waals surface area contributed by atoms with E-state index in [1.807, 2.05) is 36.4 Å². The van der Waals surface area contributed by atoms with Crippen molar-refractivity contribution in [2.75, 3.05) is 25.6 Å². The van der Waals surface area contributed by atoms with Gasteiger partial charge in [0.05, 0.1) is 34.6 Å². The van der Waals surface area contributed by atoms with Gasteiger partial charge in [-0.15, -0.1) is 11.3 Å². The summed E-state index contributed by atoms with van der Waals surface area (Å²) in [5.74, 6) is 0.540. The number of halogens is 2. The molecule has 0 saturated carbocycles. The molecule has 0 saturated heterocycles. The van der Waals surface area contributed by atoms with Crippen LogP contribution in [0.4, 0.5) is 5.69 Å². The molecule has 4 aromatic rings. The van der Waals surface area contributed by atoms with Crippen molar-refractivity contribution in [1.82, 2.24) is 10.3 Å². The number of hydrogen-bond acceptors (Lipinski definition) is 6. The van der Waals surface area contributed by atoms with Crippen LogP contribution in [-0.2, 0) is 16.2 Å². The maximum absolute atomic E-state index is 12.8. The van der Waals surface area contributed by atoms with Gasteiger partial charge < -0.3 is 19.7 Å². The lowest BCUT2D eigenvalue weighted by Crippen LogP contribution is -2.37. The summed E-state index contributed by atoms with van der Waals surface area (Å²) in [6, 6.07) is 16.3. The molecule has 0 aliphatic carbocycles. The van der Waals surface area contributed by atoms with E-state index in [9.17, 15) is 9.59 Å². The minimum Gasteiger partial charge on any atom is -0.497 e. The van der Waals surface area contributed by atoms with E-state index in [1.165, 1.54) is 22.3 Å². The van der Waals surface area contributed by atoms with Gasteiger partial charge in [0, 0.05) is 23.7 Å². The Bertz CT molecular complexity index is 1470. The summed E-state index contributed by atoms with van der Waals surface area (Å²) in [6.07, 6.45) is 3.00. The number of rotatable bonds is 9. The number of nitrogens with one attached hydrogen (secondary N) is 1.